The molecule has 5 rings (SSSR count). The molecule has 6 heteroatoms. The molecule has 3 aromatic carbocycles. The molecular weight excluding hydrogens is 478 g/mol. The summed E-state index contributed by atoms with van der Waals surface area (Å²) >= 11 is 4.87. The number of rotatable bonds is 7. The maximum absolute atomic E-state index is 11.0. The van der Waals surface area contributed by atoms with Crippen molar-refractivity contribution in [1.82, 2.24) is 4.98 Å². The van der Waals surface area contributed by atoms with E-state index in [1.54, 1.807) is 0 Å². The summed E-state index contributed by atoms with van der Waals surface area (Å²) in [7, 11) is 0. The van der Waals surface area contributed by atoms with Crippen molar-refractivity contribution in [2.45, 2.75) is 37.9 Å². The third-order valence-corrected chi connectivity index (χ3v) is 8.16. The molecule has 4 aromatic rings. The fourth-order valence-electron chi connectivity index (χ4n) is 5.25. The molecular formula is C29H30ClNO3S. The van der Waals surface area contributed by atoms with Gasteiger partial charge in [0.05, 0.1) is 10.8 Å². The van der Waals surface area contributed by atoms with Gasteiger partial charge >= 0.3 is 0 Å². The Morgan fingerprint density at radius 1 is 0.857 bits per heavy atom. The zero-order valence-corrected chi connectivity index (χ0v) is 21.1. The Hall–Kier alpha value is -2.44. The summed E-state index contributed by atoms with van der Waals surface area (Å²) in [6.45, 7) is 0.321. The number of aliphatic hydroxyl groups is 1. The monoisotopic (exact) mass is 507 g/mol. The standard InChI is InChI=1S/C29H30ClNO3S/c30-28-16-29-25(14-26(31-29)13-19-1-3-20(17-32)4-2-19)15-27(28)24-11-9-23(10-12-24)22-7-5-21(6-8-22)18-35(33)34/h5-12,14-16,19-20,31-32H,1-4,13,17-18H2,(H,33,34). The second kappa shape index (κ2) is 10.7. The Morgan fingerprint density at radius 3 is 2.09 bits per heavy atom. The van der Waals surface area contributed by atoms with Gasteiger partial charge in [-0.3, -0.25) is 0 Å². The molecule has 0 aliphatic heterocycles. The molecule has 3 N–H and O–H groups in total. The summed E-state index contributed by atoms with van der Waals surface area (Å²) in [5.74, 6) is 1.30. The average molecular weight is 508 g/mol. The van der Waals surface area contributed by atoms with E-state index in [9.17, 15) is 9.32 Å². The number of hydrogen-bond acceptors (Lipinski definition) is 2. The molecule has 0 bridgehead atoms. The van der Waals surface area contributed by atoms with Gasteiger partial charge in [-0.15, -0.1) is 0 Å². The van der Waals surface area contributed by atoms with Gasteiger partial charge in [-0.25, -0.2) is 4.21 Å². The number of aromatic amines is 1. The first-order valence-corrected chi connectivity index (χ1v) is 13.8. The molecule has 1 aliphatic carbocycles. The number of halogens is 1. The number of hydrogen-bond donors (Lipinski definition) is 3. The van der Waals surface area contributed by atoms with Crippen LogP contribution >= 0.6 is 11.6 Å². The van der Waals surface area contributed by atoms with Crippen molar-refractivity contribution < 1.29 is 13.9 Å². The number of H-pyrrole nitrogens is 1. The van der Waals surface area contributed by atoms with Gasteiger partial charge in [0.15, 0.2) is 11.1 Å². The molecule has 0 amide bonds. The van der Waals surface area contributed by atoms with E-state index >= 15 is 0 Å². The van der Waals surface area contributed by atoms with Crippen LogP contribution in [0.5, 0.6) is 0 Å². The van der Waals surface area contributed by atoms with Crippen molar-refractivity contribution in [3.05, 3.63) is 83.0 Å². The minimum atomic E-state index is -1.83. The van der Waals surface area contributed by atoms with E-state index in [2.05, 4.69) is 41.4 Å². The summed E-state index contributed by atoms with van der Waals surface area (Å²) in [5, 5.41) is 11.3. The highest BCUT2D eigenvalue weighted by atomic mass is 35.5. The smallest absolute Gasteiger partial charge is 0.157 e. The SMILES string of the molecule is O=S(O)Cc1ccc(-c2ccc(-c3cc4cc(CC5CCC(CO)CC5)[nH]c4cc3Cl)cc2)cc1. The first kappa shape index (κ1) is 24.3. The highest BCUT2D eigenvalue weighted by Crippen LogP contribution is 2.35. The van der Waals surface area contributed by atoms with Gasteiger partial charge in [0, 0.05) is 28.8 Å². The van der Waals surface area contributed by atoms with Crippen LogP contribution in [-0.2, 0) is 23.3 Å². The molecule has 1 atom stereocenters. The van der Waals surface area contributed by atoms with Gasteiger partial charge in [0.1, 0.15) is 0 Å². The third kappa shape index (κ3) is 5.70. The number of aromatic nitrogens is 1. The van der Waals surface area contributed by atoms with Crippen LogP contribution in [0.3, 0.4) is 0 Å². The van der Waals surface area contributed by atoms with Crippen LogP contribution in [0.4, 0.5) is 0 Å². The van der Waals surface area contributed by atoms with E-state index in [1.165, 1.54) is 23.9 Å². The van der Waals surface area contributed by atoms with Crippen LogP contribution < -0.4 is 0 Å². The van der Waals surface area contributed by atoms with E-state index < -0.39 is 11.1 Å². The summed E-state index contributed by atoms with van der Waals surface area (Å²) in [6.07, 6.45) is 5.66. The van der Waals surface area contributed by atoms with Crippen LogP contribution in [-0.4, -0.2) is 25.5 Å². The molecule has 0 saturated heterocycles. The maximum atomic E-state index is 11.0. The lowest BCUT2D eigenvalue weighted by Crippen LogP contribution is -2.18. The Bertz CT molecular complexity index is 1320. The Labute approximate surface area is 213 Å². The van der Waals surface area contributed by atoms with Crippen LogP contribution in [0.15, 0.2) is 66.7 Å². The summed E-state index contributed by atoms with van der Waals surface area (Å²) < 4.78 is 20.1. The lowest BCUT2D eigenvalue weighted by atomic mass is 9.80. The van der Waals surface area contributed by atoms with E-state index in [-0.39, 0.29) is 5.75 Å². The fraction of sp³-hybridized carbons (Fsp3) is 0.310. The highest BCUT2D eigenvalue weighted by molar-refractivity contribution is 7.78. The predicted molar refractivity (Wildman–Crippen MR) is 145 cm³/mol. The molecule has 182 valence electrons. The zero-order valence-electron chi connectivity index (χ0n) is 19.5. The van der Waals surface area contributed by atoms with E-state index in [0.29, 0.717) is 18.4 Å². The van der Waals surface area contributed by atoms with E-state index in [1.807, 2.05) is 30.3 Å². The summed E-state index contributed by atoms with van der Waals surface area (Å²) in [5.41, 5.74) is 7.40. The van der Waals surface area contributed by atoms with Crippen LogP contribution in [0, 0.1) is 11.8 Å². The minimum absolute atomic E-state index is 0.145. The normalized spacial score (nSPS) is 19.2. The zero-order chi connectivity index (χ0) is 24.4. The van der Waals surface area contributed by atoms with Crippen molar-refractivity contribution in [2.24, 2.45) is 11.8 Å². The second-order valence-corrected chi connectivity index (χ2v) is 11.1. The van der Waals surface area contributed by atoms with E-state index in [0.717, 1.165) is 57.6 Å². The van der Waals surface area contributed by atoms with Crippen molar-refractivity contribution in [1.29, 1.82) is 0 Å². The molecule has 4 nitrogen and oxygen atoms in total. The van der Waals surface area contributed by atoms with Gasteiger partial charge in [-0.2, -0.15) is 0 Å². The molecule has 1 saturated carbocycles. The maximum Gasteiger partial charge on any atom is 0.157 e. The van der Waals surface area contributed by atoms with Gasteiger partial charge in [0.2, 0.25) is 0 Å². The van der Waals surface area contributed by atoms with Crippen LogP contribution in [0.2, 0.25) is 5.02 Å². The van der Waals surface area contributed by atoms with Crippen molar-refractivity contribution in [3.63, 3.8) is 0 Å². The molecule has 1 unspecified atom stereocenters. The number of nitrogens with one attached hydrogen (secondary N) is 1. The molecule has 0 radical (unpaired) electrons. The summed E-state index contributed by atoms with van der Waals surface area (Å²) in [6, 6.07) is 22.5. The predicted octanol–water partition coefficient (Wildman–Crippen LogP) is 7.22. The van der Waals surface area contributed by atoms with Gasteiger partial charge < -0.3 is 14.6 Å². The summed E-state index contributed by atoms with van der Waals surface area (Å²) in [4.78, 5) is 3.57. The third-order valence-electron chi connectivity index (χ3n) is 7.27. The average Bonchev–Trinajstić information content (AvgIpc) is 3.25. The van der Waals surface area contributed by atoms with Crippen molar-refractivity contribution >= 4 is 33.6 Å². The molecule has 1 heterocycles. The Kier molecular flexibility index (Phi) is 7.40. The fourth-order valence-corrected chi connectivity index (χ4v) is 6.00. The lowest BCUT2D eigenvalue weighted by molar-refractivity contribution is 0.167. The Morgan fingerprint density at radius 2 is 1.46 bits per heavy atom. The topological polar surface area (TPSA) is 73.3 Å². The van der Waals surface area contributed by atoms with Gasteiger partial charge in [-0.05, 0) is 84.4 Å². The van der Waals surface area contributed by atoms with Crippen molar-refractivity contribution in [2.75, 3.05) is 6.61 Å². The second-order valence-electron chi connectivity index (χ2n) is 9.73. The van der Waals surface area contributed by atoms with Crippen LogP contribution in [0.1, 0.15) is 36.9 Å². The van der Waals surface area contributed by atoms with Crippen molar-refractivity contribution in [3.8, 4) is 22.3 Å². The first-order chi connectivity index (χ1) is 17.0. The molecule has 35 heavy (non-hydrogen) atoms. The first-order valence-electron chi connectivity index (χ1n) is 12.2. The number of aliphatic hydroxyl groups excluding tert-OH is 1. The Balaban J connectivity index is 1.33. The molecule has 1 aromatic heterocycles. The lowest BCUT2D eigenvalue weighted by Gasteiger charge is -2.26. The van der Waals surface area contributed by atoms with Gasteiger partial charge in [0.25, 0.3) is 0 Å². The number of benzene rings is 3. The minimum Gasteiger partial charge on any atom is -0.396 e. The molecule has 1 aliphatic rings. The van der Waals surface area contributed by atoms with Crippen LogP contribution in [0.25, 0.3) is 33.2 Å². The van der Waals surface area contributed by atoms with Gasteiger partial charge in [-0.1, -0.05) is 60.1 Å². The highest BCUT2D eigenvalue weighted by Gasteiger charge is 2.21. The van der Waals surface area contributed by atoms with E-state index in [4.69, 9.17) is 16.2 Å². The quantitative estimate of drug-likeness (QED) is 0.231. The number of fused-ring (bicyclic) bond motifs is 1. The molecule has 1 fully saturated rings. The largest absolute Gasteiger partial charge is 0.396 e. The molecule has 0 spiro atoms.